The van der Waals surface area contributed by atoms with Crippen LogP contribution in [-0.2, 0) is 6.54 Å². The minimum Gasteiger partial charge on any atom is -0.398 e. The number of ketones is 1. The van der Waals surface area contributed by atoms with Crippen molar-refractivity contribution in [1.29, 1.82) is 0 Å². The summed E-state index contributed by atoms with van der Waals surface area (Å²) in [5, 5.41) is 3.28. The summed E-state index contributed by atoms with van der Waals surface area (Å²) in [5.74, 6) is 0.341. The third kappa shape index (κ3) is 5.82. The number of anilines is 3. The topological polar surface area (TPSA) is 100 Å². The molecule has 0 bridgehead atoms. The fourth-order valence-corrected chi connectivity index (χ4v) is 4.43. The van der Waals surface area contributed by atoms with Crippen LogP contribution in [0.4, 0.5) is 17.3 Å². The van der Waals surface area contributed by atoms with E-state index in [-0.39, 0.29) is 5.78 Å². The number of hydrogen-bond acceptors (Lipinski definition) is 8. The van der Waals surface area contributed by atoms with Crippen molar-refractivity contribution in [2.24, 2.45) is 0 Å². The standard InChI is InChI=1S/C29H31N7O/c1-20-5-7-22(17-27(20)34-29-32-11-9-26(33-29)23-4-3-10-31-18-23)28(37)24-16-21(6-8-25(24)30)19-36-14-12-35(2)13-15-36/h3-11,16-18H,12-15,19,30H2,1-2H3,(H,32,33,34). The summed E-state index contributed by atoms with van der Waals surface area (Å²) in [7, 11) is 2.14. The molecule has 188 valence electrons. The van der Waals surface area contributed by atoms with Gasteiger partial charge in [-0.15, -0.1) is 0 Å². The second-order valence-electron chi connectivity index (χ2n) is 9.49. The zero-order chi connectivity index (χ0) is 25.8. The van der Waals surface area contributed by atoms with Crippen LogP contribution in [0, 0.1) is 6.92 Å². The van der Waals surface area contributed by atoms with Crippen LogP contribution >= 0.6 is 0 Å². The Labute approximate surface area is 217 Å². The molecule has 3 heterocycles. The summed E-state index contributed by atoms with van der Waals surface area (Å²) < 4.78 is 0. The lowest BCUT2D eigenvalue weighted by Crippen LogP contribution is -2.43. The van der Waals surface area contributed by atoms with E-state index >= 15 is 0 Å². The molecule has 0 atom stereocenters. The fourth-order valence-electron chi connectivity index (χ4n) is 4.43. The van der Waals surface area contributed by atoms with Gasteiger partial charge >= 0.3 is 0 Å². The highest BCUT2D eigenvalue weighted by Gasteiger charge is 2.18. The second kappa shape index (κ2) is 10.9. The van der Waals surface area contributed by atoms with Crippen LogP contribution in [0.25, 0.3) is 11.3 Å². The Morgan fingerprint density at radius 1 is 1.03 bits per heavy atom. The normalized spacial score (nSPS) is 14.4. The van der Waals surface area contributed by atoms with Crippen molar-refractivity contribution in [2.75, 3.05) is 44.3 Å². The number of likely N-dealkylation sites (N-methyl/N-ethyl adjacent to an activating group) is 1. The van der Waals surface area contributed by atoms with Crippen LogP contribution in [0.15, 0.2) is 73.2 Å². The molecule has 3 N–H and O–H groups in total. The SMILES string of the molecule is Cc1ccc(C(=O)c2cc(CN3CCN(C)CC3)ccc2N)cc1Nc1nccc(-c2cccnc2)n1. The minimum absolute atomic E-state index is 0.106. The Balaban J connectivity index is 1.36. The molecule has 1 fully saturated rings. The number of nitrogen functional groups attached to an aromatic ring is 1. The van der Waals surface area contributed by atoms with Crippen LogP contribution in [0.1, 0.15) is 27.0 Å². The van der Waals surface area contributed by atoms with Gasteiger partial charge in [0.25, 0.3) is 0 Å². The van der Waals surface area contributed by atoms with Crippen molar-refractivity contribution in [2.45, 2.75) is 13.5 Å². The van der Waals surface area contributed by atoms with Gasteiger partial charge in [0.1, 0.15) is 0 Å². The lowest BCUT2D eigenvalue weighted by molar-refractivity contribution is 0.103. The van der Waals surface area contributed by atoms with Crippen molar-refractivity contribution in [3.05, 3.63) is 95.4 Å². The number of aryl methyl sites for hydroxylation is 1. The van der Waals surface area contributed by atoms with Gasteiger partial charge in [0.2, 0.25) is 5.95 Å². The van der Waals surface area contributed by atoms with E-state index in [0.717, 1.165) is 60.8 Å². The first-order chi connectivity index (χ1) is 18.0. The van der Waals surface area contributed by atoms with Gasteiger partial charge in [-0.3, -0.25) is 14.7 Å². The molecular formula is C29H31N7O. The van der Waals surface area contributed by atoms with Crippen LogP contribution < -0.4 is 11.1 Å². The average molecular weight is 494 g/mol. The number of nitrogens with one attached hydrogen (secondary N) is 1. The number of nitrogens with zero attached hydrogens (tertiary/aromatic N) is 5. The number of benzene rings is 2. The largest absolute Gasteiger partial charge is 0.398 e. The number of carbonyl (C=O) groups excluding carboxylic acids is 1. The van der Waals surface area contributed by atoms with Crippen molar-refractivity contribution < 1.29 is 4.79 Å². The molecule has 0 saturated carbocycles. The van der Waals surface area contributed by atoms with E-state index in [2.05, 4.69) is 37.1 Å². The van der Waals surface area contributed by atoms with Crippen LogP contribution in [-0.4, -0.2) is 63.8 Å². The zero-order valence-corrected chi connectivity index (χ0v) is 21.2. The summed E-state index contributed by atoms with van der Waals surface area (Å²) in [5.41, 5.74) is 12.3. The summed E-state index contributed by atoms with van der Waals surface area (Å²) in [6.07, 6.45) is 5.19. The maximum Gasteiger partial charge on any atom is 0.227 e. The first kappa shape index (κ1) is 24.5. The maximum absolute atomic E-state index is 13.5. The van der Waals surface area contributed by atoms with E-state index in [1.54, 1.807) is 18.6 Å². The van der Waals surface area contributed by atoms with Crippen molar-refractivity contribution in [3.63, 3.8) is 0 Å². The number of rotatable bonds is 7. The number of piperazine rings is 1. The Bertz CT molecular complexity index is 1400. The molecule has 4 aromatic rings. The Morgan fingerprint density at radius 2 is 1.86 bits per heavy atom. The monoisotopic (exact) mass is 493 g/mol. The van der Waals surface area contributed by atoms with E-state index in [1.165, 1.54) is 0 Å². The van der Waals surface area contributed by atoms with Gasteiger partial charge in [-0.05, 0) is 61.5 Å². The van der Waals surface area contributed by atoms with E-state index < -0.39 is 0 Å². The molecule has 8 nitrogen and oxygen atoms in total. The molecule has 0 spiro atoms. The van der Waals surface area contributed by atoms with Crippen molar-refractivity contribution in [3.8, 4) is 11.3 Å². The van der Waals surface area contributed by atoms with Gasteiger partial charge in [-0.25, -0.2) is 9.97 Å². The number of nitrogens with two attached hydrogens (primary N) is 1. The molecule has 2 aromatic heterocycles. The molecule has 0 unspecified atom stereocenters. The molecule has 1 aliphatic rings. The van der Waals surface area contributed by atoms with E-state index in [9.17, 15) is 4.79 Å². The van der Waals surface area contributed by atoms with Gasteiger partial charge < -0.3 is 16.0 Å². The second-order valence-corrected chi connectivity index (χ2v) is 9.49. The quantitative estimate of drug-likeness (QED) is 0.293. The van der Waals surface area contributed by atoms with Gasteiger partial charge in [0.05, 0.1) is 5.69 Å². The molecule has 37 heavy (non-hydrogen) atoms. The molecule has 0 aliphatic carbocycles. The summed E-state index contributed by atoms with van der Waals surface area (Å²) in [6.45, 7) is 6.91. The average Bonchev–Trinajstić information content (AvgIpc) is 2.92. The van der Waals surface area contributed by atoms with E-state index in [4.69, 9.17) is 5.73 Å². The summed E-state index contributed by atoms with van der Waals surface area (Å²) >= 11 is 0. The minimum atomic E-state index is -0.106. The Kier molecular flexibility index (Phi) is 7.20. The Morgan fingerprint density at radius 3 is 2.65 bits per heavy atom. The molecule has 2 aromatic carbocycles. The van der Waals surface area contributed by atoms with Crippen molar-refractivity contribution >= 4 is 23.1 Å². The van der Waals surface area contributed by atoms with E-state index in [1.807, 2.05) is 61.5 Å². The van der Waals surface area contributed by atoms with Crippen LogP contribution in [0.3, 0.4) is 0 Å². The first-order valence-electron chi connectivity index (χ1n) is 12.4. The molecule has 8 heteroatoms. The zero-order valence-electron chi connectivity index (χ0n) is 21.2. The number of carbonyl (C=O) groups is 1. The highest BCUT2D eigenvalue weighted by Crippen LogP contribution is 2.25. The van der Waals surface area contributed by atoms with Gasteiger partial charge in [0.15, 0.2) is 5.78 Å². The first-order valence-corrected chi connectivity index (χ1v) is 12.4. The summed E-state index contributed by atoms with van der Waals surface area (Å²) in [4.78, 5) is 31.4. The number of hydrogen-bond donors (Lipinski definition) is 2. The summed E-state index contributed by atoms with van der Waals surface area (Å²) in [6, 6.07) is 17.0. The molecular weight excluding hydrogens is 462 g/mol. The lowest BCUT2D eigenvalue weighted by Gasteiger charge is -2.32. The highest BCUT2D eigenvalue weighted by molar-refractivity contribution is 6.12. The third-order valence-corrected chi connectivity index (χ3v) is 6.72. The molecule has 0 amide bonds. The van der Waals surface area contributed by atoms with Gasteiger partial charge in [-0.1, -0.05) is 18.2 Å². The molecule has 1 saturated heterocycles. The smallest absolute Gasteiger partial charge is 0.227 e. The Hall–Kier alpha value is -4.14. The molecule has 5 rings (SSSR count). The third-order valence-electron chi connectivity index (χ3n) is 6.72. The van der Waals surface area contributed by atoms with Crippen LogP contribution in [0.2, 0.25) is 0 Å². The fraction of sp³-hybridized carbons (Fsp3) is 0.241. The number of aromatic nitrogens is 3. The van der Waals surface area contributed by atoms with E-state index in [0.29, 0.717) is 22.8 Å². The molecule has 1 aliphatic heterocycles. The van der Waals surface area contributed by atoms with Gasteiger partial charge in [0, 0.05) is 79.4 Å². The van der Waals surface area contributed by atoms with Crippen LogP contribution in [0.5, 0.6) is 0 Å². The predicted molar refractivity (Wildman–Crippen MR) is 147 cm³/mol. The lowest BCUT2D eigenvalue weighted by atomic mass is 9.98. The van der Waals surface area contributed by atoms with Crippen molar-refractivity contribution in [1.82, 2.24) is 24.8 Å². The number of pyridine rings is 1. The van der Waals surface area contributed by atoms with Gasteiger partial charge in [-0.2, -0.15) is 0 Å². The molecule has 0 radical (unpaired) electrons. The maximum atomic E-state index is 13.5. The highest BCUT2D eigenvalue weighted by atomic mass is 16.1. The predicted octanol–water partition coefficient (Wildman–Crippen LogP) is 4.15.